The highest BCUT2D eigenvalue weighted by Crippen LogP contribution is 2.19. The van der Waals surface area contributed by atoms with Crippen LogP contribution in [0.1, 0.15) is 5.69 Å². The third kappa shape index (κ3) is 3.70. The molecule has 0 amide bonds. The maximum atomic E-state index is 12.1. The number of nitrogens with zero attached hydrogens (tertiary/aromatic N) is 4. The topological polar surface area (TPSA) is 56.8 Å². The molecule has 0 saturated carbocycles. The molecule has 1 saturated heterocycles. The lowest BCUT2D eigenvalue weighted by Crippen LogP contribution is -2.51. The Balaban J connectivity index is 1.65. The molecule has 1 fully saturated rings. The van der Waals surface area contributed by atoms with Crippen LogP contribution in [0, 0.1) is 0 Å². The highest BCUT2D eigenvalue weighted by molar-refractivity contribution is 7.86. The molecular formula is C16H21ClN4O2S. The van der Waals surface area contributed by atoms with Gasteiger partial charge in [-0.2, -0.15) is 17.0 Å². The van der Waals surface area contributed by atoms with Crippen LogP contribution in [0.15, 0.2) is 30.3 Å². The van der Waals surface area contributed by atoms with Crippen molar-refractivity contribution in [1.82, 2.24) is 18.5 Å². The van der Waals surface area contributed by atoms with Crippen LogP contribution >= 0.6 is 11.6 Å². The van der Waals surface area contributed by atoms with E-state index >= 15 is 0 Å². The fraction of sp³-hybridized carbons (Fsp3) is 0.438. The molecule has 24 heavy (non-hydrogen) atoms. The van der Waals surface area contributed by atoms with Crippen molar-refractivity contribution >= 4 is 32.7 Å². The average molecular weight is 369 g/mol. The predicted molar refractivity (Wildman–Crippen MR) is 96.2 cm³/mol. The molecule has 2 aromatic rings. The minimum Gasteiger partial charge on any atom is -0.295 e. The maximum Gasteiger partial charge on any atom is 0.281 e. The molecule has 130 valence electrons. The molecule has 0 aliphatic carbocycles. The van der Waals surface area contributed by atoms with E-state index in [0.717, 1.165) is 16.6 Å². The number of aromatic nitrogens is 1. The smallest absolute Gasteiger partial charge is 0.281 e. The lowest BCUT2D eigenvalue weighted by molar-refractivity contribution is 0.176. The van der Waals surface area contributed by atoms with Crippen molar-refractivity contribution < 1.29 is 8.42 Å². The zero-order valence-corrected chi connectivity index (χ0v) is 15.4. The summed E-state index contributed by atoms with van der Waals surface area (Å²) in [6.45, 7) is 3.13. The summed E-state index contributed by atoms with van der Waals surface area (Å²) in [4.78, 5) is 6.89. The van der Waals surface area contributed by atoms with Gasteiger partial charge >= 0.3 is 0 Å². The molecule has 6 nitrogen and oxygen atoms in total. The van der Waals surface area contributed by atoms with Gasteiger partial charge in [0, 0.05) is 57.2 Å². The Morgan fingerprint density at radius 2 is 1.83 bits per heavy atom. The van der Waals surface area contributed by atoms with E-state index in [0.29, 0.717) is 37.7 Å². The summed E-state index contributed by atoms with van der Waals surface area (Å²) in [5.41, 5.74) is 1.90. The van der Waals surface area contributed by atoms with Gasteiger partial charge in [0.25, 0.3) is 10.2 Å². The van der Waals surface area contributed by atoms with E-state index in [4.69, 9.17) is 11.6 Å². The highest BCUT2D eigenvalue weighted by atomic mass is 35.5. The third-order valence-electron chi connectivity index (χ3n) is 4.21. The van der Waals surface area contributed by atoms with E-state index < -0.39 is 10.2 Å². The van der Waals surface area contributed by atoms with Crippen molar-refractivity contribution in [2.24, 2.45) is 0 Å². The quantitative estimate of drug-likeness (QED) is 0.826. The number of hydrogen-bond donors (Lipinski definition) is 0. The highest BCUT2D eigenvalue weighted by Gasteiger charge is 2.28. The second kappa shape index (κ2) is 6.93. The van der Waals surface area contributed by atoms with Crippen molar-refractivity contribution in [2.45, 2.75) is 6.54 Å². The van der Waals surface area contributed by atoms with E-state index in [1.807, 2.05) is 30.3 Å². The van der Waals surface area contributed by atoms with Crippen LogP contribution in [0.4, 0.5) is 0 Å². The average Bonchev–Trinajstić information content (AvgIpc) is 2.55. The standard InChI is InChI=1S/C16H21ClN4O2S/c1-19(2)24(22,23)21-9-7-20(8-10-21)12-15-5-3-13-11-14(17)4-6-16(13)18-15/h3-6,11H,7-10,12H2,1-2H3. The first-order valence-electron chi connectivity index (χ1n) is 7.81. The van der Waals surface area contributed by atoms with Crippen molar-refractivity contribution in [3.05, 3.63) is 41.0 Å². The molecule has 1 aromatic heterocycles. The number of hydrogen-bond acceptors (Lipinski definition) is 4. The van der Waals surface area contributed by atoms with Crippen LogP contribution in [0.25, 0.3) is 10.9 Å². The molecule has 2 heterocycles. The third-order valence-corrected chi connectivity index (χ3v) is 6.39. The van der Waals surface area contributed by atoms with Crippen LogP contribution < -0.4 is 0 Å². The first-order chi connectivity index (χ1) is 11.4. The summed E-state index contributed by atoms with van der Waals surface area (Å²) in [6.07, 6.45) is 0. The van der Waals surface area contributed by atoms with E-state index in [2.05, 4.69) is 9.88 Å². The Morgan fingerprint density at radius 1 is 1.12 bits per heavy atom. The van der Waals surface area contributed by atoms with Gasteiger partial charge in [0.15, 0.2) is 0 Å². The molecule has 8 heteroatoms. The monoisotopic (exact) mass is 368 g/mol. The van der Waals surface area contributed by atoms with Crippen molar-refractivity contribution in [3.8, 4) is 0 Å². The van der Waals surface area contributed by atoms with E-state index in [1.165, 1.54) is 8.61 Å². The first kappa shape index (κ1) is 17.6. The summed E-state index contributed by atoms with van der Waals surface area (Å²) in [5.74, 6) is 0. The Labute approximate surface area is 147 Å². The number of piperazine rings is 1. The van der Waals surface area contributed by atoms with Gasteiger partial charge in [-0.05, 0) is 24.3 Å². The minimum absolute atomic E-state index is 0.504. The van der Waals surface area contributed by atoms with Gasteiger partial charge in [-0.1, -0.05) is 17.7 Å². The Bertz CT molecular complexity index is 833. The second-order valence-corrected chi connectivity index (χ2v) is 8.68. The molecule has 0 unspecified atom stereocenters. The minimum atomic E-state index is -3.32. The van der Waals surface area contributed by atoms with Crippen LogP contribution in [0.2, 0.25) is 5.02 Å². The predicted octanol–water partition coefficient (Wildman–Crippen LogP) is 1.81. The zero-order valence-electron chi connectivity index (χ0n) is 13.8. The number of halogens is 1. The number of pyridine rings is 1. The van der Waals surface area contributed by atoms with Gasteiger partial charge in [0.1, 0.15) is 0 Å². The number of fused-ring (bicyclic) bond motifs is 1. The van der Waals surface area contributed by atoms with E-state index in [1.54, 1.807) is 14.1 Å². The van der Waals surface area contributed by atoms with E-state index in [9.17, 15) is 8.42 Å². The fourth-order valence-electron chi connectivity index (χ4n) is 2.81. The van der Waals surface area contributed by atoms with Crippen molar-refractivity contribution in [3.63, 3.8) is 0 Å². The summed E-state index contributed by atoms with van der Waals surface area (Å²) in [6, 6.07) is 9.69. The molecule has 0 spiro atoms. The molecule has 0 N–H and O–H groups in total. The number of rotatable bonds is 4. The van der Waals surface area contributed by atoms with Gasteiger partial charge in [-0.15, -0.1) is 0 Å². The second-order valence-electron chi connectivity index (χ2n) is 6.10. The molecular weight excluding hydrogens is 348 g/mol. The van der Waals surface area contributed by atoms with Crippen molar-refractivity contribution in [1.29, 1.82) is 0 Å². The van der Waals surface area contributed by atoms with Crippen LogP contribution in [0.3, 0.4) is 0 Å². The zero-order chi connectivity index (χ0) is 17.3. The summed E-state index contributed by atoms with van der Waals surface area (Å²) in [5, 5.41) is 1.73. The molecule has 3 rings (SSSR count). The molecule has 0 radical (unpaired) electrons. The van der Waals surface area contributed by atoms with Gasteiger partial charge in [0.05, 0.1) is 11.2 Å². The Kier molecular flexibility index (Phi) is 5.08. The van der Waals surface area contributed by atoms with Crippen molar-refractivity contribution in [2.75, 3.05) is 40.3 Å². The molecule has 0 atom stereocenters. The lowest BCUT2D eigenvalue weighted by atomic mass is 10.2. The number of benzene rings is 1. The largest absolute Gasteiger partial charge is 0.295 e. The van der Waals surface area contributed by atoms with Gasteiger partial charge < -0.3 is 0 Å². The SMILES string of the molecule is CN(C)S(=O)(=O)N1CCN(Cc2ccc3cc(Cl)ccc3n2)CC1. The first-order valence-corrected chi connectivity index (χ1v) is 9.59. The van der Waals surface area contributed by atoms with Gasteiger partial charge in [-0.25, -0.2) is 0 Å². The Morgan fingerprint density at radius 3 is 2.50 bits per heavy atom. The molecule has 1 aliphatic rings. The maximum absolute atomic E-state index is 12.1. The van der Waals surface area contributed by atoms with Gasteiger partial charge in [0.2, 0.25) is 0 Å². The normalized spacial score (nSPS) is 17.7. The van der Waals surface area contributed by atoms with Crippen LogP contribution in [0.5, 0.6) is 0 Å². The van der Waals surface area contributed by atoms with Crippen LogP contribution in [-0.4, -0.2) is 67.2 Å². The summed E-state index contributed by atoms with van der Waals surface area (Å²) >= 11 is 5.99. The molecule has 1 aromatic carbocycles. The summed E-state index contributed by atoms with van der Waals surface area (Å²) < 4.78 is 27.1. The van der Waals surface area contributed by atoms with Crippen LogP contribution in [-0.2, 0) is 16.8 Å². The lowest BCUT2D eigenvalue weighted by Gasteiger charge is -2.34. The Hall–Kier alpha value is -1.25. The molecule has 0 bridgehead atoms. The van der Waals surface area contributed by atoms with Gasteiger partial charge in [-0.3, -0.25) is 9.88 Å². The fourth-order valence-corrected chi connectivity index (χ4v) is 4.07. The van der Waals surface area contributed by atoms with E-state index in [-0.39, 0.29) is 0 Å². The molecule has 1 aliphatic heterocycles. The summed E-state index contributed by atoms with van der Waals surface area (Å²) in [7, 11) is -0.192.